The van der Waals surface area contributed by atoms with E-state index in [0.29, 0.717) is 0 Å². The van der Waals surface area contributed by atoms with Crippen LogP contribution in [-0.2, 0) is 23.1 Å². The smallest absolute Gasteiger partial charge is 0.261 e. The summed E-state index contributed by atoms with van der Waals surface area (Å²) >= 11 is 0. The molecule has 0 unspecified atom stereocenters. The molecular weight excluding hydrogens is 121 g/mol. The summed E-state index contributed by atoms with van der Waals surface area (Å²) < 4.78 is 7.94. The van der Waals surface area contributed by atoms with Gasteiger partial charge in [-0.3, -0.25) is 4.57 Å². The molecule has 0 fully saturated rings. The van der Waals surface area contributed by atoms with Crippen molar-refractivity contribution in [3.63, 3.8) is 0 Å². The van der Waals surface area contributed by atoms with Crippen LogP contribution in [0.5, 0.6) is 0 Å². The zero-order valence-electron chi connectivity index (χ0n) is 2.30. The van der Waals surface area contributed by atoms with Crippen LogP contribution in [0.4, 0.5) is 0 Å². The summed E-state index contributed by atoms with van der Waals surface area (Å²) in [5, 5.41) is 0. The first-order chi connectivity index (χ1) is 1.00. The molecule has 0 spiro atoms. The van der Waals surface area contributed by atoms with Crippen LogP contribution in [0.1, 0.15) is 0 Å². The van der Waals surface area contributed by atoms with Crippen molar-refractivity contribution in [2.24, 2.45) is 0 Å². The monoisotopic (exact) mass is 121 g/mol. The molecule has 0 aliphatic carbocycles. The molecule has 0 aromatic heterocycles. The van der Waals surface area contributed by atoms with Gasteiger partial charge in [-0.05, 0) is 0 Å². The van der Waals surface area contributed by atoms with Gasteiger partial charge in [0.2, 0.25) is 0 Å². The van der Waals surface area contributed by atoms with Crippen molar-refractivity contribution in [1.29, 1.82) is 0 Å². The van der Waals surface area contributed by atoms with Gasteiger partial charge >= 0.3 is 0 Å². The normalized spacial score (nSPS) is 1.00. The van der Waals surface area contributed by atoms with Crippen molar-refractivity contribution in [3.05, 3.63) is 0 Å². The first-order valence-electron chi connectivity index (χ1n) is 0.183. The summed E-state index contributed by atoms with van der Waals surface area (Å²) in [7, 11) is 2.28. The fourth-order valence-corrected chi connectivity index (χ4v) is 0. The maximum Gasteiger partial charge on any atom is 0.261 e. The van der Waals surface area contributed by atoms with Crippen LogP contribution in [0.3, 0.4) is 0 Å². The molecule has 0 rings (SSSR count). The third-order valence-electron chi connectivity index (χ3n) is 0. The maximum absolute atomic E-state index is 7.94. The van der Waals surface area contributed by atoms with E-state index in [0.717, 1.165) is 0 Å². The molecule has 0 aromatic carbocycles. The van der Waals surface area contributed by atoms with Gasteiger partial charge in [-0.25, -0.2) is 0 Å². The van der Waals surface area contributed by atoms with Gasteiger partial charge in [0, 0.05) is 48.1 Å². The van der Waals surface area contributed by atoms with Crippen molar-refractivity contribution < 1.29 is 23.1 Å². The Bertz CT molecular complexity index is 8.00. The van der Waals surface area contributed by atoms with Gasteiger partial charge < -0.3 is 0 Å². The molecule has 4 heavy (non-hydrogen) atoms. The Morgan fingerprint density at radius 2 is 1.25 bits per heavy atom. The molecule has 3 radical (unpaired) electrons. The first-order valence-corrected chi connectivity index (χ1v) is 0.548. The van der Waals surface area contributed by atoms with Gasteiger partial charge in [0.05, 0.1) is 0 Å². The molecule has 0 aromatic rings. The molecular formula is NaOPV. The van der Waals surface area contributed by atoms with Crippen molar-refractivity contribution in [2.75, 3.05) is 0 Å². The van der Waals surface area contributed by atoms with Gasteiger partial charge in [-0.2, -0.15) is 0 Å². The first kappa shape index (κ1) is 17.3. The van der Waals surface area contributed by atoms with Crippen molar-refractivity contribution in [1.82, 2.24) is 0 Å². The van der Waals surface area contributed by atoms with Crippen LogP contribution in [-0.4, -0.2) is 29.6 Å². The standard InChI is InChI=1S/Na.OP.V/c;1-2;. The second kappa shape index (κ2) is 22.4. The number of hydrogen-bond donors (Lipinski definition) is 0. The Kier molecular flexibility index (Phi) is 97.0. The summed E-state index contributed by atoms with van der Waals surface area (Å²) in [5.41, 5.74) is 0. The predicted molar refractivity (Wildman–Crippen MR) is 13.4 cm³/mol. The van der Waals surface area contributed by atoms with Crippen molar-refractivity contribution in [2.45, 2.75) is 0 Å². The molecule has 0 saturated carbocycles. The summed E-state index contributed by atoms with van der Waals surface area (Å²) in [6, 6.07) is 0. The van der Waals surface area contributed by atoms with Crippen LogP contribution in [0, 0.1) is 0 Å². The zero-order chi connectivity index (χ0) is 2.00. The second-order valence-electron chi connectivity index (χ2n) is 0. The topological polar surface area (TPSA) is 17.1 Å². The Morgan fingerprint density at radius 3 is 1.25 bits per heavy atom. The Morgan fingerprint density at radius 1 is 1.25 bits per heavy atom. The van der Waals surface area contributed by atoms with Crippen LogP contribution in [0.2, 0.25) is 0 Å². The van der Waals surface area contributed by atoms with Crippen LogP contribution < -0.4 is 0 Å². The maximum atomic E-state index is 7.94. The minimum absolute atomic E-state index is 0. The fourth-order valence-electron chi connectivity index (χ4n) is 0. The van der Waals surface area contributed by atoms with E-state index in [9.17, 15) is 0 Å². The molecule has 4 heteroatoms. The second-order valence-corrected chi connectivity index (χ2v) is 0. The van der Waals surface area contributed by atoms with E-state index in [2.05, 4.69) is 9.12 Å². The van der Waals surface area contributed by atoms with E-state index in [1.165, 1.54) is 0 Å². The molecule has 0 bridgehead atoms. The van der Waals surface area contributed by atoms with E-state index in [1.807, 2.05) is 0 Å². The third-order valence-corrected chi connectivity index (χ3v) is 0. The van der Waals surface area contributed by atoms with E-state index in [-0.39, 0.29) is 48.1 Å². The van der Waals surface area contributed by atoms with Crippen molar-refractivity contribution in [3.8, 4) is 0 Å². The number of hydrogen-bond acceptors (Lipinski definition) is 1. The summed E-state index contributed by atoms with van der Waals surface area (Å²) in [4.78, 5) is 0. The largest absolute Gasteiger partial charge is 0.261 e. The molecule has 1 nitrogen and oxygen atoms in total. The molecule has 0 aliphatic rings. The predicted octanol–water partition coefficient (Wildman–Crippen LogP) is 0.359. The van der Waals surface area contributed by atoms with Gasteiger partial charge in [-0.1, -0.05) is 0 Å². The van der Waals surface area contributed by atoms with Crippen molar-refractivity contribution >= 4 is 38.7 Å². The van der Waals surface area contributed by atoms with Gasteiger partial charge in [-0.15, -0.1) is 0 Å². The van der Waals surface area contributed by atoms with E-state index >= 15 is 0 Å². The molecule has 0 heterocycles. The third kappa shape index (κ3) is 9.36. The SMILES string of the molecule is O=[P].[Na].[V]. The zero-order valence-corrected chi connectivity index (χ0v) is 6.59. The van der Waals surface area contributed by atoms with Gasteiger partial charge in [0.25, 0.3) is 9.12 Å². The summed E-state index contributed by atoms with van der Waals surface area (Å²) in [6.07, 6.45) is 0. The molecule has 0 saturated heterocycles. The molecule has 0 atom stereocenters. The molecule has 0 N–H and O–H groups in total. The minimum Gasteiger partial charge on any atom is -0.261 e. The van der Waals surface area contributed by atoms with E-state index < -0.39 is 0 Å². The Hall–Kier alpha value is 1.68. The number of rotatable bonds is 0. The Labute approximate surface area is 61.3 Å². The van der Waals surface area contributed by atoms with E-state index in [1.54, 1.807) is 0 Å². The van der Waals surface area contributed by atoms with Crippen LogP contribution >= 0.6 is 9.12 Å². The summed E-state index contributed by atoms with van der Waals surface area (Å²) in [5.74, 6) is 0. The van der Waals surface area contributed by atoms with E-state index in [4.69, 9.17) is 4.57 Å². The average Bonchev–Trinajstić information content (AvgIpc) is 1.00. The molecule has 17 valence electrons. The average molecular weight is 121 g/mol. The quantitative estimate of drug-likeness (QED) is 0.334. The van der Waals surface area contributed by atoms with Crippen LogP contribution in [0.25, 0.3) is 0 Å². The fraction of sp³-hybridized carbons (Fsp3) is 0. The van der Waals surface area contributed by atoms with Crippen LogP contribution in [0.15, 0.2) is 0 Å². The minimum atomic E-state index is 0. The molecule has 0 aliphatic heterocycles. The molecule has 0 amide bonds. The summed E-state index contributed by atoms with van der Waals surface area (Å²) in [6.45, 7) is 0. The van der Waals surface area contributed by atoms with Gasteiger partial charge in [0.1, 0.15) is 0 Å². The Balaban J connectivity index is -0.00000000500. The van der Waals surface area contributed by atoms with Gasteiger partial charge in [0.15, 0.2) is 0 Å².